The summed E-state index contributed by atoms with van der Waals surface area (Å²) in [6.07, 6.45) is 3.49. The molecule has 4 nitrogen and oxygen atoms in total. The summed E-state index contributed by atoms with van der Waals surface area (Å²) in [4.78, 5) is 23.1. The van der Waals surface area contributed by atoms with Crippen molar-refractivity contribution in [2.45, 2.75) is 42.3 Å². The standard InChI is InChI=1S/C13H17IO4/c1-2-9(14)12(16)18-10-7-3-8-11(10)17-6-13(8,4-7)5-15/h5,7-11H,2-4,6H2,1H3. The predicted octanol–water partition coefficient (Wildman–Crippen LogP) is 1.74. The van der Waals surface area contributed by atoms with Crippen LogP contribution in [-0.2, 0) is 19.1 Å². The monoisotopic (exact) mass is 364 g/mol. The number of fused-ring (bicyclic) bond motifs is 1. The molecule has 0 N–H and O–H groups in total. The topological polar surface area (TPSA) is 52.6 Å². The Kier molecular flexibility index (Phi) is 3.17. The lowest BCUT2D eigenvalue weighted by Crippen LogP contribution is -2.41. The third kappa shape index (κ3) is 1.66. The molecule has 2 bridgehead atoms. The molecule has 0 aromatic carbocycles. The van der Waals surface area contributed by atoms with Crippen LogP contribution in [0.1, 0.15) is 26.2 Å². The molecular formula is C13H17IO4. The third-order valence-electron chi connectivity index (χ3n) is 4.77. The van der Waals surface area contributed by atoms with Gasteiger partial charge in [0.15, 0.2) is 0 Å². The third-order valence-corrected chi connectivity index (χ3v) is 6.16. The maximum absolute atomic E-state index is 11.9. The molecule has 1 saturated heterocycles. The quantitative estimate of drug-likeness (QED) is 0.330. The first-order valence-corrected chi connectivity index (χ1v) is 7.78. The normalized spacial score (nSPS) is 46.1. The molecule has 0 aromatic rings. The molecule has 6 unspecified atom stereocenters. The van der Waals surface area contributed by atoms with Crippen molar-refractivity contribution in [3.63, 3.8) is 0 Å². The number of halogens is 1. The smallest absolute Gasteiger partial charge is 0.319 e. The highest BCUT2D eigenvalue weighted by Crippen LogP contribution is 2.60. The first-order chi connectivity index (χ1) is 8.61. The molecule has 0 aromatic heterocycles. The van der Waals surface area contributed by atoms with Gasteiger partial charge < -0.3 is 14.3 Å². The zero-order chi connectivity index (χ0) is 12.9. The molecule has 6 atom stereocenters. The van der Waals surface area contributed by atoms with Crippen molar-refractivity contribution in [1.29, 1.82) is 0 Å². The Bertz CT molecular complexity index is 385. The lowest BCUT2D eigenvalue weighted by atomic mass is 9.75. The van der Waals surface area contributed by atoms with Gasteiger partial charge in [0.25, 0.3) is 0 Å². The highest BCUT2D eigenvalue weighted by molar-refractivity contribution is 14.1. The fourth-order valence-corrected chi connectivity index (χ4v) is 3.98. The highest BCUT2D eigenvalue weighted by Gasteiger charge is 2.66. The second kappa shape index (κ2) is 4.44. The number of esters is 1. The van der Waals surface area contributed by atoms with Gasteiger partial charge in [0.2, 0.25) is 0 Å². The van der Waals surface area contributed by atoms with Crippen LogP contribution in [0.5, 0.6) is 0 Å². The van der Waals surface area contributed by atoms with Gasteiger partial charge in [-0.15, -0.1) is 0 Å². The minimum absolute atomic E-state index is 0.0432. The number of rotatable bonds is 4. The van der Waals surface area contributed by atoms with Gasteiger partial charge in [0.05, 0.1) is 18.1 Å². The number of alkyl halides is 1. The molecule has 0 radical (unpaired) electrons. The zero-order valence-electron chi connectivity index (χ0n) is 10.3. The summed E-state index contributed by atoms with van der Waals surface area (Å²) in [5, 5.41) is 0. The van der Waals surface area contributed by atoms with Crippen LogP contribution in [0.3, 0.4) is 0 Å². The number of hydrogen-bond acceptors (Lipinski definition) is 4. The molecular weight excluding hydrogens is 347 g/mol. The molecule has 2 saturated carbocycles. The molecule has 2 aliphatic carbocycles. The maximum atomic E-state index is 11.9. The Morgan fingerprint density at radius 2 is 2.44 bits per heavy atom. The largest absolute Gasteiger partial charge is 0.459 e. The first-order valence-electron chi connectivity index (χ1n) is 6.54. The molecule has 5 heteroatoms. The van der Waals surface area contributed by atoms with Crippen LogP contribution in [0.15, 0.2) is 0 Å². The van der Waals surface area contributed by atoms with Crippen LogP contribution in [0.2, 0.25) is 0 Å². The summed E-state index contributed by atoms with van der Waals surface area (Å²) in [6.45, 7) is 2.49. The molecule has 1 heterocycles. The summed E-state index contributed by atoms with van der Waals surface area (Å²) in [7, 11) is 0. The number of carbonyl (C=O) groups is 2. The molecule has 18 heavy (non-hydrogen) atoms. The summed E-state index contributed by atoms with van der Waals surface area (Å²) in [6, 6.07) is 0. The van der Waals surface area contributed by atoms with Crippen molar-refractivity contribution in [3.8, 4) is 0 Å². The van der Waals surface area contributed by atoms with Crippen LogP contribution in [0, 0.1) is 17.3 Å². The van der Waals surface area contributed by atoms with E-state index in [-0.39, 0.29) is 33.4 Å². The average Bonchev–Trinajstić information content (AvgIpc) is 2.97. The van der Waals surface area contributed by atoms with Gasteiger partial charge in [-0.3, -0.25) is 4.79 Å². The van der Waals surface area contributed by atoms with Gasteiger partial charge >= 0.3 is 5.97 Å². The maximum Gasteiger partial charge on any atom is 0.319 e. The van der Waals surface area contributed by atoms with E-state index in [1.807, 2.05) is 6.92 Å². The second-order valence-electron chi connectivity index (χ2n) is 5.71. The Labute approximate surface area is 120 Å². The van der Waals surface area contributed by atoms with Gasteiger partial charge in [-0.2, -0.15) is 0 Å². The van der Waals surface area contributed by atoms with Crippen molar-refractivity contribution >= 4 is 34.8 Å². The molecule has 3 rings (SSSR count). The van der Waals surface area contributed by atoms with Crippen molar-refractivity contribution in [3.05, 3.63) is 0 Å². The van der Waals surface area contributed by atoms with E-state index in [1.165, 1.54) is 0 Å². The molecule has 100 valence electrons. The summed E-state index contributed by atoms with van der Waals surface area (Å²) in [5.74, 6) is 0.451. The van der Waals surface area contributed by atoms with E-state index >= 15 is 0 Å². The average molecular weight is 364 g/mol. The lowest BCUT2D eigenvalue weighted by Gasteiger charge is -2.30. The zero-order valence-corrected chi connectivity index (χ0v) is 12.5. The number of ether oxygens (including phenoxy) is 2. The second-order valence-corrected chi connectivity index (χ2v) is 7.21. The van der Waals surface area contributed by atoms with E-state index in [1.54, 1.807) is 0 Å². The van der Waals surface area contributed by atoms with Crippen molar-refractivity contribution in [2.75, 3.05) is 6.61 Å². The molecule has 3 fully saturated rings. The van der Waals surface area contributed by atoms with Crippen LogP contribution in [0.25, 0.3) is 0 Å². The van der Waals surface area contributed by atoms with Gasteiger partial charge in [0, 0.05) is 5.92 Å². The van der Waals surface area contributed by atoms with Crippen LogP contribution < -0.4 is 0 Å². The van der Waals surface area contributed by atoms with Crippen molar-refractivity contribution in [2.24, 2.45) is 17.3 Å². The molecule has 3 aliphatic rings. The minimum Gasteiger partial charge on any atom is -0.459 e. The van der Waals surface area contributed by atoms with Crippen LogP contribution in [0.4, 0.5) is 0 Å². The van der Waals surface area contributed by atoms with Crippen LogP contribution >= 0.6 is 22.6 Å². The van der Waals surface area contributed by atoms with E-state index in [2.05, 4.69) is 22.6 Å². The van der Waals surface area contributed by atoms with Crippen molar-refractivity contribution in [1.82, 2.24) is 0 Å². The minimum atomic E-state index is -0.271. The Balaban J connectivity index is 1.72. The van der Waals surface area contributed by atoms with Gasteiger partial charge in [-0.05, 0) is 25.2 Å². The number of aldehydes is 1. The van der Waals surface area contributed by atoms with E-state index in [4.69, 9.17) is 9.47 Å². The Morgan fingerprint density at radius 3 is 3.11 bits per heavy atom. The predicted molar refractivity (Wildman–Crippen MR) is 72.4 cm³/mol. The Morgan fingerprint density at radius 1 is 1.67 bits per heavy atom. The highest BCUT2D eigenvalue weighted by atomic mass is 127. The van der Waals surface area contributed by atoms with Crippen LogP contribution in [-0.4, -0.2) is 35.0 Å². The summed E-state index contributed by atoms with van der Waals surface area (Å²) < 4.78 is 11.3. The summed E-state index contributed by atoms with van der Waals surface area (Å²) >= 11 is 2.12. The number of hydrogen-bond donors (Lipinski definition) is 0. The molecule has 0 amide bonds. The fourth-order valence-electron chi connectivity index (χ4n) is 3.83. The summed E-state index contributed by atoms with van der Waals surface area (Å²) in [5.41, 5.74) is -0.271. The van der Waals surface area contributed by atoms with Crippen molar-refractivity contribution < 1.29 is 19.1 Å². The fraction of sp³-hybridized carbons (Fsp3) is 0.846. The van der Waals surface area contributed by atoms with Gasteiger partial charge in [-0.25, -0.2) is 0 Å². The molecule has 1 aliphatic heterocycles. The molecule has 0 spiro atoms. The lowest BCUT2D eigenvalue weighted by molar-refractivity contribution is -0.156. The van der Waals surface area contributed by atoms with E-state index < -0.39 is 0 Å². The van der Waals surface area contributed by atoms with Gasteiger partial charge in [-0.1, -0.05) is 29.5 Å². The Hall–Kier alpha value is -0.170. The van der Waals surface area contributed by atoms with Gasteiger partial charge in [0.1, 0.15) is 16.3 Å². The van der Waals surface area contributed by atoms with E-state index in [0.29, 0.717) is 12.5 Å². The van der Waals surface area contributed by atoms with E-state index in [0.717, 1.165) is 25.5 Å². The first kappa shape index (κ1) is 12.8. The van der Waals surface area contributed by atoms with E-state index in [9.17, 15) is 9.59 Å². The SMILES string of the molecule is CCC(I)C(=O)OC1C2CC3C1OCC3(C=O)C2. The number of carbonyl (C=O) groups excluding carboxylic acids is 2.